The van der Waals surface area contributed by atoms with Gasteiger partial charge < -0.3 is 20.9 Å². The highest BCUT2D eigenvalue weighted by Crippen LogP contribution is 2.04. The molecule has 0 aliphatic carbocycles. The van der Waals surface area contributed by atoms with Gasteiger partial charge in [0.25, 0.3) is 0 Å². The molecule has 0 fully saturated rings. The van der Waals surface area contributed by atoms with Crippen molar-refractivity contribution in [1.29, 1.82) is 0 Å². The third-order valence-electron chi connectivity index (χ3n) is 2.09. The smallest absolute Gasteiger partial charge is 0.324 e. The highest BCUT2D eigenvalue weighted by Gasteiger charge is 2.17. The molecule has 0 heterocycles. The number of nitrogens with two attached hydrogens (primary N) is 4. The zero-order valence-electron chi connectivity index (χ0n) is 9.63. The van der Waals surface area contributed by atoms with Crippen molar-refractivity contribution in [2.75, 3.05) is 13.5 Å². The molecule has 0 aromatic heterocycles. The predicted molar refractivity (Wildman–Crippen MR) is 60.1 cm³/mol. The number of hydrogen-bond donors (Lipinski definition) is 4. The zero-order chi connectivity index (χ0) is 13.3. The molecular formula is C9H20N4O4. The fourth-order valence-electron chi connectivity index (χ4n) is 1.17. The Kier molecular flexibility index (Phi) is 8.24. The van der Waals surface area contributed by atoms with E-state index in [1.807, 2.05) is 0 Å². The van der Waals surface area contributed by atoms with Crippen LogP contribution in [0.4, 0.5) is 0 Å². The minimum atomic E-state index is -0.753. The summed E-state index contributed by atoms with van der Waals surface area (Å²) in [6, 6.07) is -1.51. The Balaban J connectivity index is 3.75. The molecule has 0 aliphatic rings. The number of hydrogen-bond acceptors (Lipinski definition) is 8. The summed E-state index contributed by atoms with van der Waals surface area (Å²) in [6.07, 6.45) is 1.23. The molecule has 8 heteroatoms. The van der Waals surface area contributed by atoms with E-state index in [1.54, 1.807) is 0 Å². The lowest BCUT2D eigenvalue weighted by Crippen LogP contribution is -2.36. The van der Waals surface area contributed by atoms with E-state index < -0.39 is 24.0 Å². The topological polar surface area (TPSA) is 157 Å². The Morgan fingerprint density at radius 1 is 0.882 bits per heavy atom. The molecule has 0 spiro atoms. The second-order valence-electron chi connectivity index (χ2n) is 3.40. The van der Waals surface area contributed by atoms with Gasteiger partial charge in [-0.05, 0) is 19.3 Å². The van der Waals surface area contributed by atoms with Crippen molar-refractivity contribution in [3.8, 4) is 0 Å². The van der Waals surface area contributed by atoms with Crippen LogP contribution in [0.15, 0.2) is 0 Å². The van der Waals surface area contributed by atoms with Crippen LogP contribution in [-0.4, -0.2) is 37.5 Å². The molecule has 0 aromatic rings. The minimum Gasteiger partial charge on any atom is -0.449 e. The number of rotatable bonds is 8. The van der Waals surface area contributed by atoms with Crippen molar-refractivity contribution in [2.45, 2.75) is 31.3 Å². The van der Waals surface area contributed by atoms with Crippen LogP contribution in [0.1, 0.15) is 19.3 Å². The van der Waals surface area contributed by atoms with Gasteiger partial charge in [0.2, 0.25) is 0 Å². The fourth-order valence-corrected chi connectivity index (χ4v) is 1.17. The lowest BCUT2D eigenvalue weighted by molar-refractivity contribution is -0.145. The number of carbonyl (C=O) groups is 2. The van der Waals surface area contributed by atoms with E-state index >= 15 is 0 Å². The first-order valence-corrected chi connectivity index (χ1v) is 5.27. The van der Waals surface area contributed by atoms with Crippen molar-refractivity contribution in [3.05, 3.63) is 0 Å². The number of esters is 2. The van der Waals surface area contributed by atoms with E-state index in [-0.39, 0.29) is 13.5 Å². The molecular weight excluding hydrogens is 228 g/mol. The van der Waals surface area contributed by atoms with E-state index in [2.05, 4.69) is 9.47 Å². The van der Waals surface area contributed by atoms with E-state index in [0.717, 1.165) is 0 Å². The predicted octanol–water partition coefficient (Wildman–Crippen LogP) is -2.27. The fraction of sp³-hybridized carbons (Fsp3) is 0.778. The van der Waals surface area contributed by atoms with E-state index in [4.69, 9.17) is 22.9 Å². The summed E-state index contributed by atoms with van der Waals surface area (Å²) in [5.74, 6) is -1.13. The maximum absolute atomic E-state index is 11.1. The Bertz CT molecular complexity index is 225. The Labute approximate surface area is 99.6 Å². The maximum Gasteiger partial charge on any atom is 0.324 e. The van der Waals surface area contributed by atoms with Crippen LogP contribution >= 0.6 is 0 Å². The summed E-state index contributed by atoms with van der Waals surface area (Å²) in [7, 11) is 0. The molecule has 2 unspecified atom stereocenters. The average molecular weight is 248 g/mol. The molecule has 8 N–H and O–H groups in total. The molecule has 8 nitrogen and oxygen atoms in total. The van der Waals surface area contributed by atoms with E-state index in [9.17, 15) is 9.59 Å². The Hall–Kier alpha value is -1.22. The van der Waals surface area contributed by atoms with Crippen molar-refractivity contribution in [3.63, 3.8) is 0 Å². The van der Waals surface area contributed by atoms with Gasteiger partial charge >= 0.3 is 11.9 Å². The van der Waals surface area contributed by atoms with Gasteiger partial charge in [-0.15, -0.1) is 0 Å². The second kappa shape index (κ2) is 8.88. The monoisotopic (exact) mass is 248 g/mol. The van der Waals surface area contributed by atoms with E-state index in [0.29, 0.717) is 19.3 Å². The third kappa shape index (κ3) is 6.84. The summed E-state index contributed by atoms with van der Waals surface area (Å²) in [5, 5.41) is 0. The molecule has 0 aliphatic heterocycles. The number of ether oxygens (including phenoxy) is 2. The molecule has 100 valence electrons. The first kappa shape index (κ1) is 15.8. The van der Waals surface area contributed by atoms with Crippen LogP contribution in [0, 0.1) is 0 Å². The van der Waals surface area contributed by atoms with Crippen molar-refractivity contribution >= 4 is 11.9 Å². The number of carbonyl (C=O) groups excluding carboxylic acids is 2. The molecule has 0 saturated carbocycles. The Morgan fingerprint density at radius 2 is 1.24 bits per heavy atom. The lowest BCUT2D eigenvalue weighted by atomic mass is 10.1. The van der Waals surface area contributed by atoms with Crippen LogP contribution in [0.3, 0.4) is 0 Å². The molecule has 17 heavy (non-hydrogen) atoms. The highest BCUT2D eigenvalue weighted by atomic mass is 16.5. The van der Waals surface area contributed by atoms with Crippen LogP contribution in [0.5, 0.6) is 0 Å². The molecule has 0 aromatic carbocycles. The van der Waals surface area contributed by atoms with Crippen LogP contribution in [0.25, 0.3) is 0 Å². The molecule has 0 radical (unpaired) electrons. The quantitative estimate of drug-likeness (QED) is 0.276. The standard InChI is InChI=1S/C9H20N4O4/c10-4-16-8(14)6(12)2-1-3-7(13)9(15)17-5-11/h6-7H,1-5,10-13H2. The van der Waals surface area contributed by atoms with Crippen LogP contribution < -0.4 is 22.9 Å². The SMILES string of the molecule is NCOC(=O)C(N)CCCC(N)C(=O)OCN. The highest BCUT2D eigenvalue weighted by molar-refractivity contribution is 5.76. The summed E-state index contributed by atoms with van der Waals surface area (Å²) in [6.45, 7) is -0.399. The van der Waals surface area contributed by atoms with Crippen molar-refractivity contribution in [2.24, 2.45) is 22.9 Å². The molecule has 0 rings (SSSR count). The molecule has 2 atom stereocenters. The summed E-state index contributed by atoms with van der Waals surface area (Å²) >= 11 is 0. The normalized spacial score (nSPS) is 13.9. The molecule has 0 amide bonds. The minimum absolute atomic E-state index is 0.200. The van der Waals surface area contributed by atoms with Gasteiger partial charge in [0.1, 0.15) is 25.5 Å². The summed E-state index contributed by atoms with van der Waals surface area (Å²) in [5.41, 5.74) is 21.1. The zero-order valence-corrected chi connectivity index (χ0v) is 9.63. The van der Waals surface area contributed by atoms with Gasteiger partial charge in [-0.3, -0.25) is 21.1 Å². The molecule has 0 bridgehead atoms. The first-order chi connectivity index (χ1) is 8.02. The van der Waals surface area contributed by atoms with E-state index in [1.165, 1.54) is 0 Å². The van der Waals surface area contributed by atoms with Crippen molar-refractivity contribution in [1.82, 2.24) is 0 Å². The molecule has 0 saturated heterocycles. The van der Waals surface area contributed by atoms with Crippen LogP contribution in [-0.2, 0) is 19.1 Å². The van der Waals surface area contributed by atoms with Gasteiger partial charge in [0.05, 0.1) is 0 Å². The maximum atomic E-state index is 11.1. The van der Waals surface area contributed by atoms with Gasteiger partial charge in [0.15, 0.2) is 0 Å². The van der Waals surface area contributed by atoms with Crippen molar-refractivity contribution < 1.29 is 19.1 Å². The summed E-state index contributed by atoms with van der Waals surface area (Å²) in [4.78, 5) is 22.2. The summed E-state index contributed by atoms with van der Waals surface area (Å²) < 4.78 is 9.04. The van der Waals surface area contributed by atoms with Gasteiger partial charge in [0, 0.05) is 0 Å². The first-order valence-electron chi connectivity index (χ1n) is 5.27. The lowest BCUT2D eigenvalue weighted by Gasteiger charge is -2.12. The third-order valence-corrected chi connectivity index (χ3v) is 2.09. The Morgan fingerprint density at radius 3 is 1.53 bits per heavy atom. The van der Waals surface area contributed by atoms with Gasteiger partial charge in [-0.25, -0.2) is 0 Å². The second-order valence-corrected chi connectivity index (χ2v) is 3.40. The largest absolute Gasteiger partial charge is 0.449 e. The van der Waals surface area contributed by atoms with Gasteiger partial charge in [-0.1, -0.05) is 0 Å². The van der Waals surface area contributed by atoms with Crippen LogP contribution in [0.2, 0.25) is 0 Å². The van der Waals surface area contributed by atoms with Gasteiger partial charge in [-0.2, -0.15) is 0 Å². The average Bonchev–Trinajstić information content (AvgIpc) is 2.29.